The number of aromatic nitrogens is 2. The van der Waals surface area contributed by atoms with Gasteiger partial charge in [0, 0.05) is 13.6 Å². The number of amides is 1. The van der Waals surface area contributed by atoms with Crippen LogP contribution in [-0.4, -0.2) is 35.4 Å². The monoisotopic (exact) mass is 335 g/mol. The molecule has 10 heteroatoms. The number of guanidine groups is 1. The first-order valence-corrected chi connectivity index (χ1v) is 6.28. The summed E-state index contributed by atoms with van der Waals surface area (Å²) in [6, 6.07) is 0. The summed E-state index contributed by atoms with van der Waals surface area (Å²) >= 11 is 6.03. The fourth-order valence-corrected chi connectivity index (χ4v) is 1.89. The van der Waals surface area contributed by atoms with E-state index in [0.717, 1.165) is 6.54 Å². The van der Waals surface area contributed by atoms with Gasteiger partial charge in [-0.05, 0) is 5.92 Å². The minimum Gasteiger partial charge on any atom is -0.382 e. The number of rotatable bonds is 4. The molecule has 8 nitrogen and oxygen atoms in total. The van der Waals surface area contributed by atoms with Gasteiger partial charge in [-0.25, -0.2) is 9.97 Å². The van der Waals surface area contributed by atoms with Crippen LogP contribution in [0, 0.1) is 5.92 Å². The van der Waals surface area contributed by atoms with E-state index >= 15 is 0 Å². The first-order valence-electron chi connectivity index (χ1n) is 5.90. The highest BCUT2D eigenvalue weighted by Crippen LogP contribution is 2.24. The van der Waals surface area contributed by atoms with E-state index in [4.69, 9.17) is 28.8 Å². The van der Waals surface area contributed by atoms with E-state index in [1.807, 2.05) is 11.9 Å². The molecule has 0 aliphatic heterocycles. The van der Waals surface area contributed by atoms with Crippen molar-refractivity contribution in [3.8, 4) is 0 Å². The number of hydrogen-bond acceptors (Lipinski definition) is 5. The molecule has 1 heterocycles. The van der Waals surface area contributed by atoms with Crippen molar-refractivity contribution in [1.29, 1.82) is 0 Å². The highest BCUT2D eigenvalue weighted by atomic mass is 35.5. The van der Waals surface area contributed by atoms with Crippen LogP contribution in [0.5, 0.6) is 0 Å². The summed E-state index contributed by atoms with van der Waals surface area (Å²) in [6.45, 7) is 4.82. The summed E-state index contributed by atoms with van der Waals surface area (Å²) in [6.07, 6.45) is 0. The molecule has 0 bridgehead atoms. The average molecular weight is 336 g/mol. The van der Waals surface area contributed by atoms with Gasteiger partial charge in [0.05, 0.1) is 0 Å². The molecule has 0 aliphatic carbocycles. The van der Waals surface area contributed by atoms with E-state index < -0.39 is 5.91 Å². The van der Waals surface area contributed by atoms with Crippen LogP contribution in [0.4, 0.5) is 11.6 Å². The standard InChI is InChI=1S/C11H18ClN7O.ClH/c1-5(2)4-19(3)9-7(12)16-6(8(13)17-9)10(20)18-11(14)15;/h5H,4H2,1-3H3,(H2,13,17)(H4,14,15,18,20);1H. The first kappa shape index (κ1) is 19.2. The van der Waals surface area contributed by atoms with Gasteiger partial charge in [0.15, 0.2) is 28.4 Å². The van der Waals surface area contributed by atoms with Crippen molar-refractivity contribution >= 4 is 47.5 Å². The fraction of sp³-hybridized carbons (Fsp3) is 0.455. The Hall–Kier alpha value is -1.80. The van der Waals surface area contributed by atoms with Crippen LogP contribution in [-0.2, 0) is 0 Å². The Balaban J connectivity index is 0.00000400. The summed E-state index contributed by atoms with van der Waals surface area (Å²) in [5.74, 6) is -0.431. The van der Waals surface area contributed by atoms with Crippen molar-refractivity contribution in [2.24, 2.45) is 22.4 Å². The van der Waals surface area contributed by atoms with E-state index in [2.05, 4.69) is 28.8 Å². The minimum absolute atomic E-state index is 0. The lowest BCUT2D eigenvalue weighted by Gasteiger charge is -2.21. The molecule has 1 amide bonds. The van der Waals surface area contributed by atoms with Gasteiger partial charge in [0.25, 0.3) is 0 Å². The summed E-state index contributed by atoms with van der Waals surface area (Å²) in [5.41, 5.74) is 15.8. The fourth-order valence-electron chi connectivity index (χ4n) is 1.62. The highest BCUT2D eigenvalue weighted by molar-refractivity contribution is 6.32. The van der Waals surface area contributed by atoms with Crippen molar-refractivity contribution in [2.75, 3.05) is 24.2 Å². The van der Waals surface area contributed by atoms with Crippen LogP contribution in [0.3, 0.4) is 0 Å². The number of nitrogens with zero attached hydrogens (tertiary/aromatic N) is 4. The molecule has 1 rings (SSSR count). The lowest BCUT2D eigenvalue weighted by molar-refractivity contribution is 0.0998. The topological polar surface area (TPSA) is 137 Å². The second-order valence-electron chi connectivity index (χ2n) is 4.69. The molecule has 6 N–H and O–H groups in total. The van der Waals surface area contributed by atoms with Crippen LogP contribution in [0.2, 0.25) is 5.15 Å². The number of carbonyl (C=O) groups excluding carboxylic acids is 1. The Morgan fingerprint density at radius 3 is 2.43 bits per heavy atom. The molecule has 0 radical (unpaired) electrons. The molecular formula is C11H19Cl2N7O. The minimum atomic E-state index is -0.782. The Morgan fingerprint density at radius 1 is 1.38 bits per heavy atom. The maximum absolute atomic E-state index is 11.7. The number of anilines is 2. The van der Waals surface area contributed by atoms with Gasteiger partial charge < -0.3 is 22.1 Å². The third-order valence-corrected chi connectivity index (χ3v) is 2.55. The summed E-state index contributed by atoms with van der Waals surface area (Å²) < 4.78 is 0. The third-order valence-electron chi connectivity index (χ3n) is 2.30. The quantitative estimate of drug-likeness (QED) is 0.542. The summed E-state index contributed by atoms with van der Waals surface area (Å²) in [4.78, 5) is 24.9. The molecule has 21 heavy (non-hydrogen) atoms. The SMILES string of the molecule is CC(C)CN(C)c1nc(N)c(C(=O)N=C(N)N)nc1Cl.Cl. The van der Waals surface area contributed by atoms with Crippen molar-refractivity contribution in [1.82, 2.24) is 9.97 Å². The van der Waals surface area contributed by atoms with E-state index in [1.165, 1.54) is 0 Å². The molecule has 0 atom stereocenters. The molecular weight excluding hydrogens is 317 g/mol. The number of nitrogen functional groups attached to an aromatic ring is 1. The van der Waals surface area contributed by atoms with Crippen molar-refractivity contribution in [3.05, 3.63) is 10.8 Å². The molecule has 0 aromatic carbocycles. The lowest BCUT2D eigenvalue weighted by Crippen LogP contribution is -2.26. The van der Waals surface area contributed by atoms with E-state index in [-0.39, 0.29) is 35.0 Å². The smallest absolute Gasteiger partial charge is 0.302 e. The number of nitrogens with two attached hydrogens (primary N) is 3. The second kappa shape index (κ2) is 7.84. The first-order chi connectivity index (χ1) is 9.22. The maximum Gasteiger partial charge on any atom is 0.302 e. The Labute approximate surface area is 134 Å². The van der Waals surface area contributed by atoms with E-state index in [0.29, 0.717) is 11.7 Å². The Morgan fingerprint density at radius 2 is 1.95 bits per heavy atom. The van der Waals surface area contributed by atoms with Crippen LogP contribution in [0.15, 0.2) is 4.99 Å². The van der Waals surface area contributed by atoms with Gasteiger partial charge in [-0.2, -0.15) is 4.99 Å². The molecule has 0 saturated carbocycles. The van der Waals surface area contributed by atoms with Gasteiger partial charge in [-0.3, -0.25) is 4.79 Å². The Bertz CT molecular complexity index is 544. The van der Waals surface area contributed by atoms with Crippen LogP contribution in [0.1, 0.15) is 24.3 Å². The molecule has 0 aliphatic rings. The Kier molecular flexibility index (Phi) is 7.17. The molecule has 0 fully saturated rings. The maximum atomic E-state index is 11.7. The highest BCUT2D eigenvalue weighted by Gasteiger charge is 2.19. The molecule has 1 aromatic heterocycles. The summed E-state index contributed by atoms with van der Waals surface area (Å²) in [5, 5.41) is 0.0662. The van der Waals surface area contributed by atoms with Gasteiger partial charge in [0.2, 0.25) is 0 Å². The van der Waals surface area contributed by atoms with Gasteiger partial charge in [0.1, 0.15) is 0 Å². The van der Waals surface area contributed by atoms with Gasteiger partial charge in [-0.15, -0.1) is 12.4 Å². The number of halogens is 2. The zero-order valence-corrected chi connectivity index (χ0v) is 13.6. The summed E-state index contributed by atoms with van der Waals surface area (Å²) in [7, 11) is 1.81. The zero-order chi connectivity index (χ0) is 15.4. The molecule has 0 saturated heterocycles. The van der Waals surface area contributed by atoms with Crippen molar-refractivity contribution in [3.63, 3.8) is 0 Å². The molecule has 0 spiro atoms. The third kappa shape index (κ3) is 5.24. The molecule has 118 valence electrons. The predicted molar refractivity (Wildman–Crippen MR) is 87.0 cm³/mol. The molecule has 0 unspecified atom stereocenters. The van der Waals surface area contributed by atoms with Crippen molar-refractivity contribution in [2.45, 2.75) is 13.8 Å². The number of aliphatic imine (C=N–C) groups is 1. The van der Waals surface area contributed by atoms with Gasteiger partial charge >= 0.3 is 5.91 Å². The van der Waals surface area contributed by atoms with Crippen LogP contribution < -0.4 is 22.1 Å². The van der Waals surface area contributed by atoms with Gasteiger partial charge in [-0.1, -0.05) is 25.4 Å². The van der Waals surface area contributed by atoms with E-state index in [1.54, 1.807) is 0 Å². The van der Waals surface area contributed by atoms with E-state index in [9.17, 15) is 4.79 Å². The number of hydrogen-bond donors (Lipinski definition) is 3. The van der Waals surface area contributed by atoms with Crippen molar-refractivity contribution < 1.29 is 4.79 Å². The molecule has 1 aromatic rings. The number of carbonyl (C=O) groups is 1. The lowest BCUT2D eigenvalue weighted by atomic mass is 10.2. The largest absolute Gasteiger partial charge is 0.382 e. The van der Waals surface area contributed by atoms with Crippen LogP contribution in [0.25, 0.3) is 0 Å². The zero-order valence-electron chi connectivity index (χ0n) is 12.0. The van der Waals surface area contributed by atoms with Crippen LogP contribution >= 0.6 is 24.0 Å². The second-order valence-corrected chi connectivity index (χ2v) is 5.05. The predicted octanol–water partition coefficient (Wildman–Crippen LogP) is 0.640. The normalized spacial score (nSPS) is 9.95. The average Bonchev–Trinajstić information content (AvgIpc) is 2.29.